The van der Waals surface area contributed by atoms with Crippen molar-refractivity contribution in [1.82, 2.24) is 9.80 Å². The molecule has 0 spiro atoms. The highest BCUT2D eigenvalue weighted by Crippen LogP contribution is 2.11. The molecule has 2 unspecified atom stereocenters. The molecule has 40 heavy (non-hydrogen) atoms. The number of unbranched alkanes of at least 4 members (excludes halogenated alkanes) is 5. The van der Waals surface area contributed by atoms with Crippen LogP contribution in [-0.4, -0.2) is 94.6 Å². The minimum Gasteiger partial charge on any atom is -0.478 e. The lowest BCUT2D eigenvalue weighted by Gasteiger charge is -2.25. The predicted molar refractivity (Wildman–Crippen MR) is 160 cm³/mol. The number of nitrogens with zero attached hydrogens (tertiary/aromatic N) is 2. The lowest BCUT2D eigenvalue weighted by molar-refractivity contribution is 0.0686. The highest BCUT2D eigenvalue weighted by atomic mass is 16.4. The summed E-state index contributed by atoms with van der Waals surface area (Å²) in [7, 11) is 4.24. The first kappa shape index (κ1) is 35.2. The molecule has 2 aromatic carbocycles. The molecular weight excluding hydrogens is 508 g/mol. The van der Waals surface area contributed by atoms with Crippen molar-refractivity contribution >= 4 is 11.9 Å². The molecule has 2 rings (SSSR count). The van der Waals surface area contributed by atoms with Crippen LogP contribution < -0.4 is 0 Å². The van der Waals surface area contributed by atoms with Crippen molar-refractivity contribution in [1.29, 1.82) is 0 Å². The van der Waals surface area contributed by atoms with Gasteiger partial charge in [0.05, 0.1) is 23.3 Å². The number of hydrogen-bond donors (Lipinski definition) is 4. The van der Waals surface area contributed by atoms with Crippen LogP contribution in [0.25, 0.3) is 0 Å². The fourth-order valence-corrected chi connectivity index (χ4v) is 4.38. The molecule has 0 fully saturated rings. The van der Waals surface area contributed by atoms with Gasteiger partial charge in [-0.2, -0.15) is 0 Å². The molecule has 224 valence electrons. The summed E-state index contributed by atoms with van der Waals surface area (Å²) in [5.74, 6) is -1.78. The molecule has 0 radical (unpaired) electrons. The van der Waals surface area contributed by atoms with Crippen LogP contribution in [0.4, 0.5) is 0 Å². The summed E-state index contributed by atoms with van der Waals surface area (Å²) in [5.41, 5.74) is 2.92. The Morgan fingerprint density at radius 2 is 1.02 bits per heavy atom. The van der Waals surface area contributed by atoms with E-state index in [1.54, 1.807) is 50.2 Å². The largest absolute Gasteiger partial charge is 0.478 e. The summed E-state index contributed by atoms with van der Waals surface area (Å²) in [6.45, 7) is 6.36. The first-order chi connectivity index (χ1) is 19.0. The van der Waals surface area contributed by atoms with Crippen LogP contribution >= 0.6 is 0 Å². The maximum absolute atomic E-state index is 10.8. The van der Waals surface area contributed by atoms with Crippen LogP contribution in [0.5, 0.6) is 0 Å². The van der Waals surface area contributed by atoms with Crippen molar-refractivity contribution in [2.24, 2.45) is 0 Å². The maximum Gasteiger partial charge on any atom is 0.335 e. The van der Waals surface area contributed by atoms with Crippen molar-refractivity contribution < 1.29 is 30.0 Å². The van der Waals surface area contributed by atoms with Crippen LogP contribution in [0.15, 0.2) is 48.5 Å². The van der Waals surface area contributed by atoms with E-state index in [1.807, 2.05) is 17.0 Å². The Balaban J connectivity index is 0.000000400. The number of carboxylic acids is 2. The van der Waals surface area contributed by atoms with Crippen LogP contribution in [0.3, 0.4) is 0 Å². The van der Waals surface area contributed by atoms with Gasteiger partial charge in [0.1, 0.15) is 0 Å². The maximum atomic E-state index is 10.8. The second kappa shape index (κ2) is 20.2. The monoisotopic (exact) mass is 558 g/mol. The van der Waals surface area contributed by atoms with E-state index in [1.165, 1.54) is 50.6 Å². The summed E-state index contributed by atoms with van der Waals surface area (Å²) in [6.07, 6.45) is 8.63. The summed E-state index contributed by atoms with van der Waals surface area (Å²) in [6, 6.07) is 14.0. The van der Waals surface area contributed by atoms with Gasteiger partial charge in [0.2, 0.25) is 0 Å². The molecule has 0 saturated carbocycles. The lowest BCUT2D eigenvalue weighted by atomic mass is 10.0. The van der Waals surface area contributed by atoms with Crippen molar-refractivity contribution in [2.45, 2.75) is 77.4 Å². The van der Waals surface area contributed by atoms with Gasteiger partial charge in [-0.3, -0.25) is 4.90 Å². The SMILES string of the molecule is CC(O)CN(CCc1ccc(C(=O)O)cc1)CC(C)O.CN(C)CCCCCCCCc1ccc(C(=O)O)cc1. The number of carboxylic acid groups (broad SMARTS) is 2. The Kier molecular flexibility index (Phi) is 17.8. The molecule has 0 bridgehead atoms. The van der Waals surface area contributed by atoms with E-state index in [-0.39, 0.29) is 5.56 Å². The molecule has 4 N–H and O–H groups in total. The number of benzene rings is 2. The summed E-state index contributed by atoms with van der Waals surface area (Å²) in [5, 5.41) is 36.5. The van der Waals surface area contributed by atoms with E-state index in [2.05, 4.69) is 19.0 Å². The van der Waals surface area contributed by atoms with Crippen molar-refractivity contribution in [3.63, 3.8) is 0 Å². The Morgan fingerprint density at radius 1 is 0.625 bits per heavy atom. The minimum atomic E-state index is -0.929. The first-order valence-corrected chi connectivity index (χ1v) is 14.4. The summed E-state index contributed by atoms with van der Waals surface area (Å²) in [4.78, 5) is 25.7. The number of carbonyl (C=O) groups is 2. The van der Waals surface area contributed by atoms with Crippen molar-refractivity contribution in [3.05, 3.63) is 70.8 Å². The van der Waals surface area contributed by atoms with Gasteiger partial charge in [0.15, 0.2) is 0 Å². The van der Waals surface area contributed by atoms with Gasteiger partial charge in [0.25, 0.3) is 0 Å². The smallest absolute Gasteiger partial charge is 0.335 e. The summed E-state index contributed by atoms with van der Waals surface area (Å²) < 4.78 is 0. The fraction of sp³-hybridized carbons (Fsp3) is 0.562. The number of aliphatic hydroxyl groups is 2. The van der Waals surface area contributed by atoms with E-state index >= 15 is 0 Å². The number of rotatable bonds is 18. The van der Waals surface area contributed by atoms with Crippen molar-refractivity contribution in [2.75, 3.05) is 40.3 Å². The molecular formula is C32H50N2O6. The van der Waals surface area contributed by atoms with E-state index < -0.39 is 24.1 Å². The number of aliphatic hydroxyl groups excluding tert-OH is 2. The van der Waals surface area contributed by atoms with Crippen LogP contribution in [-0.2, 0) is 12.8 Å². The van der Waals surface area contributed by atoms with Crippen LogP contribution in [0.2, 0.25) is 0 Å². The average molecular weight is 559 g/mol. The third-order valence-corrected chi connectivity index (χ3v) is 6.48. The van der Waals surface area contributed by atoms with Gasteiger partial charge in [-0.1, -0.05) is 49.9 Å². The molecule has 0 aliphatic heterocycles. The van der Waals surface area contributed by atoms with Gasteiger partial charge in [-0.25, -0.2) is 9.59 Å². The second-order valence-electron chi connectivity index (χ2n) is 10.9. The Bertz CT molecular complexity index is 948. The normalized spacial score (nSPS) is 12.6. The van der Waals surface area contributed by atoms with Crippen molar-refractivity contribution in [3.8, 4) is 0 Å². The molecule has 0 saturated heterocycles. The molecule has 8 heteroatoms. The Morgan fingerprint density at radius 3 is 1.43 bits per heavy atom. The summed E-state index contributed by atoms with van der Waals surface area (Å²) >= 11 is 0. The number of hydrogen-bond acceptors (Lipinski definition) is 6. The topological polar surface area (TPSA) is 122 Å². The highest BCUT2D eigenvalue weighted by molar-refractivity contribution is 5.87. The van der Waals surface area contributed by atoms with Gasteiger partial charge in [0, 0.05) is 19.6 Å². The molecule has 0 aromatic heterocycles. The number of aromatic carboxylic acids is 2. The zero-order valence-electron chi connectivity index (χ0n) is 24.8. The Hall–Kier alpha value is -2.78. The Labute approximate surface area is 240 Å². The first-order valence-electron chi connectivity index (χ1n) is 14.4. The molecule has 0 aliphatic rings. The molecule has 0 amide bonds. The van der Waals surface area contributed by atoms with Gasteiger partial charge < -0.3 is 25.3 Å². The van der Waals surface area contributed by atoms with E-state index in [0.29, 0.717) is 25.2 Å². The van der Waals surface area contributed by atoms with E-state index in [9.17, 15) is 19.8 Å². The molecule has 8 nitrogen and oxygen atoms in total. The molecule has 0 aliphatic carbocycles. The van der Waals surface area contributed by atoms with Gasteiger partial charge in [-0.15, -0.1) is 0 Å². The zero-order chi connectivity index (χ0) is 29.9. The lowest BCUT2D eigenvalue weighted by Crippen LogP contribution is -2.37. The third-order valence-electron chi connectivity index (χ3n) is 6.48. The minimum absolute atomic E-state index is 0.276. The van der Waals surface area contributed by atoms with Gasteiger partial charge >= 0.3 is 11.9 Å². The zero-order valence-corrected chi connectivity index (χ0v) is 24.8. The molecule has 2 atom stereocenters. The average Bonchev–Trinajstić information content (AvgIpc) is 2.89. The third kappa shape index (κ3) is 17.0. The van der Waals surface area contributed by atoms with Gasteiger partial charge in [-0.05, 0) is 95.6 Å². The standard InChI is InChI=1S/C17H27NO2.C15H23NO4/c1-18(2)14-8-6-4-3-5-7-9-15-10-12-16(13-11-15)17(19)20;1-11(17)9-16(10-12(2)18)8-7-13-3-5-14(6-4-13)15(19)20/h10-13H,3-9,14H2,1-2H3,(H,19,20);3-6,11-12,17-18H,7-10H2,1-2H3,(H,19,20). The molecule has 2 aromatic rings. The fourth-order valence-electron chi connectivity index (χ4n) is 4.38. The molecule has 0 heterocycles. The second-order valence-corrected chi connectivity index (χ2v) is 10.9. The van der Waals surface area contributed by atoms with E-state index in [0.717, 1.165) is 18.4 Å². The predicted octanol–water partition coefficient (Wildman–Crippen LogP) is 4.82. The van der Waals surface area contributed by atoms with E-state index in [4.69, 9.17) is 10.2 Å². The number of aryl methyl sites for hydroxylation is 1. The van der Waals surface area contributed by atoms with Crippen LogP contribution in [0, 0.1) is 0 Å². The van der Waals surface area contributed by atoms with Crippen LogP contribution in [0.1, 0.15) is 84.2 Å². The quantitative estimate of drug-likeness (QED) is 0.192. The highest BCUT2D eigenvalue weighted by Gasteiger charge is 2.11.